The molecule has 0 aliphatic carbocycles. The van der Waals surface area contributed by atoms with Gasteiger partial charge in [0, 0.05) is 29.7 Å². The Balaban J connectivity index is 1.56. The normalized spacial score (nSPS) is 11.6. The van der Waals surface area contributed by atoms with Gasteiger partial charge in [0.1, 0.15) is 22.7 Å². The Morgan fingerprint density at radius 3 is 2.62 bits per heavy atom. The lowest BCUT2D eigenvalue weighted by Crippen LogP contribution is -1.91. The Morgan fingerprint density at radius 1 is 0.906 bits per heavy atom. The van der Waals surface area contributed by atoms with E-state index in [9.17, 15) is 4.39 Å². The lowest BCUT2D eigenvalue weighted by Gasteiger charge is -2.07. The number of nitrogens with zero attached hydrogens (tertiary/aromatic N) is 4. The molecule has 6 nitrogen and oxygen atoms in total. The van der Waals surface area contributed by atoms with Crippen LogP contribution < -0.4 is 0 Å². The molecule has 0 aliphatic rings. The molecule has 6 aromatic rings. The van der Waals surface area contributed by atoms with Crippen molar-refractivity contribution in [3.8, 4) is 33.2 Å². The van der Waals surface area contributed by atoms with E-state index in [2.05, 4.69) is 30.1 Å². The van der Waals surface area contributed by atoms with Crippen LogP contribution in [0.4, 0.5) is 8.78 Å². The fourth-order valence-corrected chi connectivity index (χ4v) is 4.60. The molecule has 0 spiro atoms. The van der Waals surface area contributed by atoms with E-state index in [4.69, 9.17) is 0 Å². The smallest absolute Gasteiger partial charge is 0.177 e. The molecule has 0 saturated carbocycles. The van der Waals surface area contributed by atoms with E-state index in [1.54, 1.807) is 42.9 Å². The minimum atomic E-state index is -0.401. The summed E-state index contributed by atoms with van der Waals surface area (Å²) in [6.07, 6.45) is 4.96. The SMILES string of the molecule is Cc1ccncc1-c1ccc2[nH]nc(-c3nc4c(-c5ccc(F)s5)nccc4[nH]3)c2c1F. The van der Waals surface area contributed by atoms with Crippen LogP contribution in [0.25, 0.3) is 55.2 Å². The predicted molar refractivity (Wildman–Crippen MR) is 120 cm³/mol. The maximum Gasteiger partial charge on any atom is 0.177 e. The summed E-state index contributed by atoms with van der Waals surface area (Å²) in [5.74, 6) is -0.00188. The summed E-state index contributed by atoms with van der Waals surface area (Å²) in [5.41, 5.74) is 4.84. The van der Waals surface area contributed by atoms with E-state index < -0.39 is 5.82 Å². The number of aromatic amines is 2. The van der Waals surface area contributed by atoms with Gasteiger partial charge in [0.2, 0.25) is 0 Å². The number of imidazole rings is 1. The van der Waals surface area contributed by atoms with Crippen LogP contribution in [0.5, 0.6) is 0 Å². The molecule has 5 heterocycles. The van der Waals surface area contributed by atoms with Crippen LogP contribution in [0.15, 0.2) is 55.0 Å². The van der Waals surface area contributed by atoms with E-state index in [0.717, 1.165) is 22.5 Å². The zero-order chi connectivity index (χ0) is 21.8. The number of aromatic nitrogens is 6. The molecule has 2 N–H and O–H groups in total. The van der Waals surface area contributed by atoms with Crippen molar-refractivity contribution in [2.24, 2.45) is 0 Å². The van der Waals surface area contributed by atoms with Gasteiger partial charge in [0.25, 0.3) is 0 Å². The number of halogens is 2. The van der Waals surface area contributed by atoms with Gasteiger partial charge in [-0.15, -0.1) is 11.3 Å². The van der Waals surface area contributed by atoms with Gasteiger partial charge in [-0.2, -0.15) is 9.49 Å². The quantitative estimate of drug-likeness (QED) is 0.357. The predicted octanol–water partition coefficient (Wildman–Crippen LogP) is 5.88. The summed E-state index contributed by atoms with van der Waals surface area (Å²) in [7, 11) is 0. The number of thiophene rings is 1. The third kappa shape index (κ3) is 2.82. The van der Waals surface area contributed by atoms with Gasteiger partial charge in [0.05, 0.1) is 21.3 Å². The molecule has 9 heteroatoms. The number of rotatable bonds is 3. The van der Waals surface area contributed by atoms with Crippen LogP contribution in [0.1, 0.15) is 5.56 Å². The van der Waals surface area contributed by atoms with Crippen LogP contribution in [0.2, 0.25) is 0 Å². The minimum Gasteiger partial charge on any atom is -0.336 e. The first kappa shape index (κ1) is 18.8. The Bertz CT molecular complexity index is 1630. The second kappa shape index (κ2) is 7.03. The third-order valence-electron chi connectivity index (χ3n) is 5.43. The van der Waals surface area contributed by atoms with E-state index in [0.29, 0.717) is 49.6 Å². The molecule has 0 radical (unpaired) electrons. The molecular weight excluding hydrogens is 430 g/mol. The van der Waals surface area contributed by atoms with E-state index in [1.165, 1.54) is 6.07 Å². The number of nitrogens with one attached hydrogen (secondary N) is 2. The molecule has 0 atom stereocenters. The molecule has 0 bridgehead atoms. The molecule has 6 rings (SSSR count). The molecule has 0 aliphatic heterocycles. The van der Waals surface area contributed by atoms with Crippen molar-refractivity contribution >= 4 is 33.3 Å². The highest BCUT2D eigenvalue weighted by Gasteiger charge is 2.21. The molecule has 0 fully saturated rings. The largest absolute Gasteiger partial charge is 0.336 e. The van der Waals surface area contributed by atoms with Crippen LogP contribution in [-0.4, -0.2) is 30.1 Å². The molecular formula is C23H14F2N6S. The lowest BCUT2D eigenvalue weighted by molar-refractivity contribution is 0.643. The van der Waals surface area contributed by atoms with Crippen molar-refractivity contribution in [1.82, 2.24) is 30.1 Å². The van der Waals surface area contributed by atoms with Gasteiger partial charge in [-0.3, -0.25) is 15.1 Å². The minimum absolute atomic E-state index is 0.298. The highest BCUT2D eigenvalue weighted by atomic mass is 32.1. The second-order valence-corrected chi connectivity index (χ2v) is 8.39. The molecule has 0 saturated heterocycles. The van der Waals surface area contributed by atoms with Crippen molar-refractivity contribution in [3.63, 3.8) is 0 Å². The Morgan fingerprint density at radius 2 is 1.81 bits per heavy atom. The highest BCUT2D eigenvalue weighted by Crippen LogP contribution is 2.36. The number of aryl methyl sites for hydroxylation is 1. The molecule has 0 amide bonds. The average Bonchev–Trinajstić information content (AvgIpc) is 3.52. The standard InChI is InChI=1S/C23H14F2N6S/c1-11-6-8-26-10-13(11)12-2-3-14-18(19(12)25)22(31-30-14)23-28-15-7-9-27-21(20(15)29-23)16-4-5-17(24)32-16/h2-10H,1H3,(H,28,29)(H,30,31). The first-order valence-corrected chi connectivity index (χ1v) is 10.6. The fraction of sp³-hybridized carbons (Fsp3) is 0.0435. The molecule has 1 aromatic carbocycles. The molecule has 32 heavy (non-hydrogen) atoms. The third-order valence-corrected chi connectivity index (χ3v) is 6.31. The molecule has 0 unspecified atom stereocenters. The number of pyridine rings is 2. The van der Waals surface area contributed by atoms with Crippen molar-refractivity contribution in [3.05, 3.63) is 71.5 Å². The van der Waals surface area contributed by atoms with Crippen LogP contribution in [0.3, 0.4) is 0 Å². The first-order valence-electron chi connectivity index (χ1n) is 9.78. The maximum atomic E-state index is 15.7. The van der Waals surface area contributed by atoms with Gasteiger partial charge in [-0.1, -0.05) is 0 Å². The van der Waals surface area contributed by atoms with E-state index in [-0.39, 0.29) is 5.13 Å². The summed E-state index contributed by atoms with van der Waals surface area (Å²) in [6, 6.07) is 10.2. The molecule has 156 valence electrons. The molecule has 5 aromatic heterocycles. The average molecular weight is 444 g/mol. The number of hydrogen-bond donors (Lipinski definition) is 2. The summed E-state index contributed by atoms with van der Waals surface area (Å²) in [6.45, 7) is 1.91. The van der Waals surface area contributed by atoms with Crippen molar-refractivity contribution in [2.75, 3.05) is 0 Å². The zero-order valence-electron chi connectivity index (χ0n) is 16.6. The number of hydrogen-bond acceptors (Lipinski definition) is 5. The zero-order valence-corrected chi connectivity index (χ0v) is 17.5. The Hall–Kier alpha value is -3.98. The Kier molecular flexibility index (Phi) is 4.12. The summed E-state index contributed by atoms with van der Waals surface area (Å²) in [4.78, 5) is 17.0. The fourth-order valence-electron chi connectivity index (χ4n) is 3.87. The lowest BCUT2D eigenvalue weighted by atomic mass is 10.00. The second-order valence-electron chi connectivity index (χ2n) is 7.36. The van der Waals surface area contributed by atoms with Gasteiger partial charge in [-0.05, 0) is 48.9 Å². The van der Waals surface area contributed by atoms with Crippen LogP contribution in [-0.2, 0) is 0 Å². The van der Waals surface area contributed by atoms with Crippen molar-refractivity contribution in [1.29, 1.82) is 0 Å². The first-order chi connectivity index (χ1) is 15.6. The number of H-pyrrole nitrogens is 2. The summed E-state index contributed by atoms with van der Waals surface area (Å²) < 4.78 is 29.3. The number of benzene rings is 1. The van der Waals surface area contributed by atoms with E-state index >= 15 is 4.39 Å². The van der Waals surface area contributed by atoms with Crippen LogP contribution >= 0.6 is 11.3 Å². The number of fused-ring (bicyclic) bond motifs is 2. The Labute approximate surface area is 184 Å². The summed E-state index contributed by atoms with van der Waals surface area (Å²) in [5, 5.41) is 7.26. The highest BCUT2D eigenvalue weighted by molar-refractivity contribution is 7.13. The van der Waals surface area contributed by atoms with Gasteiger partial charge >= 0.3 is 0 Å². The van der Waals surface area contributed by atoms with E-state index in [1.807, 2.05) is 13.0 Å². The van der Waals surface area contributed by atoms with Gasteiger partial charge < -0.3 is 4.98 Å². The topological polar surface area (TPSA) is 83.1 Å². The summed E-state index contributed by atoms with van der Waals surface area (Å²) >= 11 is 0.998. The van der Waals surface area contributed by atoms with Gasteiger partial charge in [0.15, 0.2) is 11.0 Å². The maximum absolute atomic E-state index is 15.7. The van der Waals surface area contributed by atoms with Crippen LogP contribution in [0, 0.1) is 17.9 Å². The van der Waals surface area contributed by atoms with Gasteiger partial charge in [-0.25, -0.2) is 9.37 Å². The van der Waals surface area contributed by atoms with Crippen molar-refractivity contribution < 1.29 is 8.78 Å². The van der Waals surface area contributed by atoms with Crippen molar-refractivity contribution in [2.45, 2.75) is 6.92 Å². The monoisotopic (exact) mass is 444 g/mol.